The van der Waals surface area contributed by atoms with Gasteiger partial charge >= 0.3 is 0 Å². The topological polar surface area (TPSA) is 38.0 Å². The van der Waals surface area contributed by atoms with Crippen LogP contribution in [-0.4, -0.2) is 18.6 Å². The van der Waals surface area contributed by atoms with Crippen molar-refractivity contribution < 1.29 is 0 Å². The summed E-state index contributed by atoms with van der Waals surface area (Å²) in [5.41, 5.74) is 6.41. The van der Waals surface area contributed by atoms with Crippen molar-refractivity contribution in [1.29, 1.82) is 0 Å². The van der Waals surface area contributed by atoms with Gasteiger partial charge in [-0.25, -0.2) is 0 Å². The molecule has 0 amide bonds. The molecule has 0 aliphatic heterocycles. The van der Waals surface area contributed by atoms with Crippen molar-refractivity contribution in [2.24, 2.45) is 11.1 Å². The molecule has 0 heterocycles. The molecule has 0 spiro atoms. The van der Waals surface area contributed by atoms with Crippen LogP contribution in [0.1, 0.15) is 46.5 Å². The van der Waals surface area contributed by atoms with Crippen LogP contribution in [0.4, 0.5) is 0 Å². The Labute approximate surface area is 82.3 Å². The minimum atomic E-state index is 0.396. The summed E-state index contributed by atoms with van der Waals surface area (Å²) in [5, 5.41) is 3.60. The molecule has 0 aromatic rings. The monoisotopic (exact) mass is 184 g/mol. The number of rotatable bonds is 4. The van der Waals surface area contributed by atoms with Gasteiger partial charge in [-0.05, 0) is 24.7 Å². The lowest BCUT2D eigenvalue weighted by molar-refractivity contribution is 0.302. The minimum Gasteiger partial charge on any atom is -0.326 e. The second-order valence-corrected chi connectivity index (χ2v) is 5.10. The van der Waals surface area contributed by atoms with Crippen LogP contribution in [0, 0.1) is 5.41 Å². The Morgan fingerprint density at radius 2 is 2.08 bits per heavy atom. The summed E-state index contributed by atoms with van der Waals surface area (Å²) < 4.78 is 0. The summed E-state index contributed by atoms with van der Waals surface area (Å²) >= 11 is 0. The maximum absolute atomic E-state index is 5.99. The summed E-state index contributed by atoms with van der Waals surface area (Å²) in [5.74, 6) is 0. The van der Waals surface area contributed by atoms with E-state index in [9.17, 15) is 0 Å². The smallest absolute Gasteiger partial charge is 0.0219 e. The molecule has 0 saturated heterocycles. The maximum Gasteiger partial charge on any atom is 0.0219 e. The van der Waals surface area contributed by atoms with E-state index in [2.05, 4.69) is 26.1 Å². The Morgan fingerprint density at radius 3 is 2.54 bits per heavy atom. The van der Waals surface area contributed by atoms with Crippen molar-refractivity contribution in [3.63, 3.8) is 0 Å². The molecule has 1 aliphatic carbocycles. The van der Waals surface area contributed by atoms with E-state index in [0.29, 0.717) is 17.5 Å². The van der Waals surface area contributed by atoms with Gasteiger partial charge in [-0.2, -0.15) is 0 Å². The molecule has 78 valence electrons. The summed E-state index contributed by atoms with van der Waals surface area (Å²) in [4.78, 5) is 0. The fourth-order valence-electron chi connectivity index (χ4n) is 1.77. The van der Waals surface area contributed by atoms with Gasteiger partial charge in [0.05, 0.1) is 0 Å². The molecule has 3 N–H and O–H groups in total. The van der Waals surface area contributed by atoms with Crippen molar-refractivity contribution in [2.45, 2.75) is 58.5 Å². The lowest BCUT2D eigenvalue weighted by atomic mass is 9.90. The highest BCUT2D eigenvalue weighted by molar-refractivity contribution is 4.87. The van der Waals surface area contributed by atoms with E-state index in [-0.39, 0.29) is 0 Å². The van der Waals surface area contributed by atoms with Gasteiger partial charge in [-0.15, -0.1) is 0 Å². The first kappa shape index (κ1) is 11.0. The van der Waals surface area contributed by atoms with Gasteiger partial charge in [0.15, 0.2) is 0 Å². The second kappa shape index (κ2) is 4.43. The van der Waals surface area contributed by atoms with Gasteiger partial charge in [0, 0.05) is 18.6 Å². The van der Waals surface area contributed by atoms with Crippen LogP contribution in [0.25, 0.3) is 0 Å². The maximum atomic E-state index is 5.99. The van der Waals surface area contributed by atoms with Gasteiger partial charge < -0.3 is 11.1 Å². The van der Waals surface area contributed by atoms with E-state index in [1.165, 1.54) is 25.7 Å². The van der Waals surface area contributed by atoms with Gasteiger partial charge in [0.2, 0.25) is 0 Å². The Balaban J connectivity index is 2.25. The van der Waals surface area contributed by atoms with E-state index in [1.807, 2.05) is 0 Å². The van der Waals surface area contributed by atoms with E-state index in [0.717, 1.165) is 6.54 Å². The van der Waals surface area contributed by atoms with Gasteiger partial charge in [0.25, 0.3) is 0 Å². The quantitative estimate of drug-likeness (QED) is 0.700. The van der Waals surface area contributed by atoms with Crippen molar-refractivity contribution in [1.82, 2.24) is 5.32 Å². The Hall–Kier alpha value is -0.0800. The fourth-order valence-corrected chi connectivity index (χ4v) is 1.77. The third kappa shape index (κ3) is 3.28. The molecule has 0 radical (unpaired) electrons. The largest absolute Gasteiger partial charge is 0.326 e. The van der Waals surface area contributed by atoms with Crippen molar-refractivity contribution in [2.75, 3.05) is 6.54 Å². The molecule has 1 rings (SSSR count). The minimum absolute atomic E-state index is 0.396. The molecule has 2 atom stereocenters. The molecular formula is C11H24N2. The predicted octanol–water partition coefficient (Wildman–Crippen LogP) is 1.89. The van der Waals surface area contributed by atoms with Crippen LogP contribution in [-0.2, 0) is 0 Å². The molecule has 1 fully saturated rings. The van der Waals surface area contributed by atoms with E-state index in [1.54, 1.807) is 0 Å². The summed E-state index contributed by atoms with van der Waals surface area (Å²) in [6.45, 7) is 7.96. The molecule has 1 aliphatic rings. The Morgan fingerprint density at radius 1 is 1.38 bits per heavy atom. The third-order valence-corrected chi connectivity index (χ3v) is 3.37. The highest BCUT2D eigenvalue weighted by Gasteiger charge is 2.25. The zero-order valence-corrected chi connectivity index (χ0v) is 9.27. The molecule has 0 aromatic heterocycles. The first-order chi connectivity index (χ1) is 6.05. The molecule has 2 heteroatoms. The lowest BCUT2D eigenvalue weighted by Crippen LogP contribution is -2.44. The zero-order chi connectivity index (χ0) is 9.90. The van der Waals surface area contributed by atoms with Crippen LogP contribution in [0.5, 0.6) is 0 Å². The van der Waals surface area contributed by atoms with E-state index >= 15 is 0 Å². The first-order valence-electron chi connectivity index (χ1n) is 5.54. The van der Waals surface area contributed by atoms with Gasteiger partial charge in [-0.3, -0.25) is 0 Å². The molecule has 2 unspecified atom stereocenters. The van der Waals surface area contributed by atoms with Crippen LogP contribution < -0.4 is 11.1 Å². The molecule has 0 bridgehead atoms. The van der Waals surface area contributed by atoms with Gasteiger partial charge in [-0.1, -0.05) is 27.2 Å². The van der Waals surface area contributed by atoms with Crippen molar-refractivity contribution >= 4 is 0 Å². The highest BCUT2D eigenvalue weighted by Crippen LogP contribution is 2.21. The average Bonchev–Trinajstić information content (AvgIpc) is 2.48. The summed E-state index contributed by atoms with van der Waals surface area (Å²) in [6, 6.07) is 0.971. The number of nitrogens with two attached hydrogens (primary N) is 1. The van der Waals surface area contributed by atoms with Crippen LogP contribution in [0.3, 0.4) is 0 Å². The SMILES string of the molecule is CCC(C)(C)CNC1CCCC1N. The van der Waals surface area contributed by atoms with E-state index < -0.39 is 0 Å². The standard InChI is InChI=1S/C11H24N2/c1-4-11(2,3)8-13-10-7-5-6-9(10)12/h9-10,13H,4-8,12H2,1-3H3. The van der Waals surface area contributed by atoms with Gasteiger partial charge in [0.1, 0.15) is 0 Å². The third-order valence-electron chi connectivity index (χ3n) is 3.37. The van der Waals surface area contributed by atoms with Crippen molar-refractivity contribution in [3.05, 3.63) is 0 Å². The second-order valence-electron chi connectivity index (χ2n) is 5.10. The summed E-state index contributed by atoms with van der Waals surface area (Å²) in [7, 11) is 0. The molecular weight excluding hydrogens is 160 g/mol. The normalized spacial score (nSPS) is 29.5. The molecule has 1 saturated carbocycles. The van der Waals surface area contributed by atoms with E-state index in [4.69, 9.17) is 5.73 Å². The van der Waals surface area contributed by atoms with Crippen LogP contribution in [0.2, 0.25) is 0 Å². The Bertz CT molecular complexity index is 154. The number of hydrogen-bond acceptors (Lipinski definition) is 2. The van der Waals surface area contributed by atoms with Crippen molar-refractivity contribution in [3.8, 4) is 0 Å². The van der Waals surface area contributed by atoms with Crippen LogP contribution in [0.15, 0.2) is 0 Å². The Kier molecular flexibility index (Phi) is 3.74. The molecule has 0 aromatic carbocycles. The van der Waals surface area contributed by atoms with Crippen LogP contribution >= 0.6 is 0 Å². The average molecular weight is 184 g/mol. The fraction of sp³-hybridized carbons (Fsp3) is 1.00. The first-order valence-corrected chi connectivity index (χ1v) is 5.54. The summed E-state index contributed by atoms with van der Waals surface area (Å²) in [6.07, 6.45) is 4.98. The zero-order valence-electron chi connectivity index (χ0n) is 9.27. The number of nitrogens with one attached hydrogen (secondary N) is 1. The number of hydrogen-bond donors (Lipinski definition) is 2. The predicted molar refractivity (Wildman–Crippen MR) is 57.7 cm³/mol. The molecule has 13 heavy (non-hydrogen) atoms. The molecule has 2 nitrogen and oxygen atoms in total. The lowest BCUT2D eigenvalue weighted by Gasteiger charge is -2.27. The highest BCUT2D eigenvalue weighted by atomic mass is 15.0.